The topological polar surface area (TPSA) is 44.4 Å². The number of benzene rings is 1. The molecule has 2 amide bonds. The summed E-state index contributed by atoms with van der Waals surface area (Å²) in [6.45, 7) is 1.76. The van der Waals surface area contributed by atoms with Crippen LogP contribution in [-0.2, 0) is 0 Å². The number of piperidine rings is 1. The lowest BCUT2D eigenvalue weighted by Gasteiger charge is -2.28. The molecule has 1 aromatic rings. The Morgan fingerprint density at radius 3 is 2.95 bits per heavy atom. The molecule has 1 unspecified atom stereocenters. The highest BCUT2D eigenvalue weighted by Gasteiger charge is 2.18. The van der Waals surface area contributed by atoms with E-state index in [1.165, 1.54) is 12.8 Å². The number of para-hydroxylation sites is 1. The maximum absolute atomic E-state index is 12.1. The zero-order chi connectivity index (χ0) is 13.7. The van der Waals surface area contributed by atoms with Crippen LogP contribution in [0, 0.1) is 0 Å². The van der Waals surface area contributed by atoms with E-state index < -0.39 is 0 Å². The van der Waals surface area contributed by atoms with Crippen LogP contribution in [0.5, 0.6) is 0 Å². The first-order valence-electron chi connectivity index (χ1n) is 6.67. The van der Waals surface area contributed by atoms with Crippen molar-refractivity contribution >= 4 is 23.3 Å². The molecule has 0 aromatic heterocycles. The minimum Gasteiger partial charge on any atom is -0.326 e. The molecule has 104 valence electrons. The van der Waals surface area contributed by atoms with Gasteiger partial charge in [0.15, 0.2) is 0 Å². The fraction of sp³-hybridized carbons (Fsp3) is 0.500. The number of carbonyl (C=O) groups is 1. The van der Waals surface area contributed by atoms with Gasteiger partial charge >= 0.3 is 6.03 Å². The number of urea groups is 1. The average molecular weight is 282 g/mol. The third-order valence-corrected chi connectivity index (χ3v) is 3.70. The Morgan fingerprint density at radius 2 is 2.26 bits per heavy atom. The van der Waals surface area contributed by atoms with Crippen molar-refractivity contribution in [2.75, 3.05) is 25.5 Å². The number of carbonyl (C=O) groups excluding carboxylic acids is 1. The van der Waals surface area contributed by atoms with Crippen molar-refractivity contribution < 1.29 is 4.79 Å². The lowest BCUT2D eigenvalue weighted by molar-refractivity contribution is 0.212. The van der Waals surface area contributed by atoms with Gasteiger partial charge in [-0.2, -0.15) is 0 Å². The number of anilines is 1. The maximum Gasteiger partial charge on any atom is 0.321 e. The number of halogens is 1. The number of nitrogens with one attached hydrogen (secondary N) is 2. The largest absolute Gasteiger partial charge is 0.326 e. The summed E-state index contributed by atoms with van der Waals surface area (Å²) >= 11 is 6.02. The molecule has 0 bridgehead atoms. The van der Waals surface area contributed by atoms with Gasteiger partial charge in [0.2, 0.25) is 0 Å². The molecule has 1 saturated heterocycles. The second-order valence-electron chi connectivity index (χ2n) is 4.94. The molecule has 0 radical (unpaired) electrons. The van der Waals surface area contributed by atoms with Crippen LogP contribution in [0.1, 0.15) is 19.3 Å². The minimum atomic E-state index is -0.125. The summed E-state index contributed by atoms with van der Waals surface area (Å²) in [7, 11) is 1.81. The van der Waals surface area contributed by atoms with Crippen molar-refractivity contribution in [2.24, 2.45) is 0 Å². The Hall–Kier alpha value is -1.26. The van der Waals surface area contributed by atoms with Crippen molar-refractivity contribution in [1.82, 2.24) is 10.2 Å². The van der Waals surface area contributed by atoms with Crippen LogP contribution >= 0.6 is 11.6 Å². The third-order valence-electron chi connectivity index (χ3n) is 3.37. The fourth-order valence-electron chi connectivity index (χ4n) is 2.27. The van der Waals surface area contributed by atoms with Crippen LogP contribution in [-0.4, -0.2) is 37.1 Å². The molecule has 1 fully saturated rings. The van der Waals surface area contributed by atoms with Crippen molar-refractivity contribution in [3.05, 3.63) is 29.3 Å². The van der Waals surface area contributed by atoms with E-state index >= 15 is 0 Å². The monoisotopic (exact) mass is 281 g/mol. The van der Waals surface area contributed by atoms with Gasteiger partial charge in [0, 0.05) is 19.6 Å². The van der Waals surface area contributed by atoms with Crippen LogP contribution < -0.4 is 10.6 Å². The van der Waals surface area contributed by atoms with E-state index in [0.717, 1.165) is 19.5 Å². The van der Waals surface area contributed by atoms with Gasteiger partial charge in [-0.05, 0) is 31.5 Å². The molecule has 0 saturated carbocycles. The summed E-state index contributed by atoms with van der Waals surface area (Å²) < 4.78 is 0. The highest BCUT2D eigenvalue weighted by atomic mass is 35.5. The van der Waals surface area contributed by atoms with Crippen LogP contribution in [0.3, 0.4) is 0 Å². The van der Waals surface area contributed by atoms with Gasteiger partial charge in [0.1, 0.15) is 0 Å². The number of hydrogen-bond donors (Lipinski definition) is 2. The molecule has 2 N–H and O–H groups in total. The SMILES string of the molecule is CN(CC1CCCCN1)C(=O)Nc1ccccc1Cl. The highest BCUT2D eigenvalue weighted by molar-refractivity contribution is 6.33. The third kappa shape index (κ3) is 4.11. The van der Waals surface area contributed by atoms with E-state index in [2.05, 4.69) is 10.6 Å². The van der Waals surface area contributed by atoms with E-state index in [9.17, 15) is 4.79 Å². The van der Waals surface area contributed by atoms with Gasteiger partial charge in [-0.15, -0.1) is 0 Å². The summed E-state index contributed by atoms with van der Waals surface area (Å²) in [4.78, 5) is 13.8. The fourth-order valence-corrected chi connectivity index (χ4v) is 2.45. The number of amides is 2. The van der Waals surface area contributed by atoms with Gasteiger partial charge < -0.3 is 15.5 Å². The first-order chi connectivity index (χ1) is 9.16. The predicted molar refractivity (Wildman–Crippen MR) is 78.7 cm³/mol. The average Bonchev–Trinajstić information content (AvgIpc) is 2.42. The van der Waals surface area contributed by atoms with E-state index in [-0.39, 0.29) is 6.03 Å². The molecule has 1 atom stereocenters. The molecule has 1 aliphatic heterocycles. The van der Waals surface area contributed by atoms with Gasteiger partial charge in [-0.3, -0.25) is 0 Å². The zero-order valence-corrected chi connectivity index (χ0v) is 11.9. The highest BCUT2D eigenvalue weighted by Crippen LogP contribution is 2.20. The quantitative estimate of drug-likeness (QED) is 0.895. The minimum absolute atomic E-state index is 0.125. The number of hydrogen-bond acceptors (Lipinski definition) is 2. The normalized spacial score (nSPS) is 18.9. The van der Waals surface area contributed by atoms with Crippen molar-refractivity contribution in [1.29, 1.82) is 0 Å². The van der Waals surface area contributed by atoms with Crippen molar-refractivity contribution in [2.45, 2.75) is 25.3 Å². The second kappa shape index (κ2) is 6.78. The smallest absolute Gasteiger partial charge is 0.321 e. The Kier molecular flexibility index (Phi) is 5.05. The van der Waals surface area contributed by atoms with Gasteiger partial charge in [0.05, 0.1) is 10.7 Å². The van der Waals surface area contributed by atoms with Crippen LogP contribution in [0.2, 0.25) is 5.02 Å². The summed E-state index contributed by atoms with van der Waals surface area (Å²) in [5.74, 6) is 0. The molecule has 1 aliphatic rings. The Morgan fingerprint density at radius 1 is 1.47 bits per heavy atom. The first-order valence-corrected chi connectivity index (χ1v) is 7.04. The van der Waals surface area contributed by atoms with Crippen LogP contribution in [0.25, 0.3) is 0 Å². The summed E-state index contributed by atoms with van der Waals surface area (Å²) in [5.41, 5.74) is 0.651. The first kappa shape index (κ1) is 14.2. The van der Waals surface area contributed by atoms with Crippen LogP contribution in [0.4, 0.5) is 10.5 Å². The molecular weight excluding hydrogens is 262 g/mol. The second-order valence-corrected chi connectivity index (χ2v) is 5.34. The lowest BCUT2D eigenvalue weighted by atomic mass is 10.0. The van der Waals surface area contributed by atoms with Crippen LogP contribution in [0.15, 0.2) is 24.3 Å². The standard InChI is InChI=1S/C14H20ClN3O/c1-18(10-11-6-4-5-9-16-11)14(19)17-13-8-3-2-7-12(13)15/h2-3,7-8,11,16H,4-6,9-10H2,1H3,(H,17,19). The molecule has 2 rings (SSSR count). The molecule has 0 spiro atoms. The van der Waals surface area contributed by atoms with Crippen molar-refractivity contribution in [3.8, 4) is 0 Å². The van der Waals surface area contributed by atoms with Gasteiger partial charge in [-0.25, -0.2) is 4.79 Å². The molecular formula is C14H20ClN3O. The summed E-state index contributed by atoms with van der Waals surface area (Å²) in [5, 5.41) is 6.81. The van der Waals surface area contributed by atoms with Gasteiger partial charge in [-0.1, -0.05) is 30.2 Å². The Bertz CT molecular complexity index is 432. The van der Waals surface area contributed by atoms with Crippen molar-refractivity contribution in [3.63, 3.8) is 0 Å². The molecule has 5 heteroatoms. The number of nitrogens with zero attached hydrogens (tertiary/aromatic N) is 1. The molecule has 4 nitrogen and oxygen atoms in total. The zero-order valence-electron chi connectivity index (χ0n) is 11.2. The lowest BCUT2D eigenvalue weighted by Crippen LogP contribution is -2.45. The summed E-state index contributed by atoms with van der Waals surface area (Å²) in [6.07, 6.45) is 3.59. The summed E-state index contributed by atoms with van der Waals surface area (Å²) in [6, 6.07) is 7.53. The Labute approximate surface area is 119 Å². The van der Waals surface area contributed by atoms with E-state index in [4.69, 9.17) is 11.6 Å². The Balaban J connectivity index is 1.87. The van der Waals surface area contributed by atoms with E-state index in [1.54, 1.807) is 17.0 Å². The molecule has 19 heavy (non-hydrogen) atoms. The van der Waals surface area contributed by atoms with Gasteiger partial charge in [0.25, 0.3) is 0 Å². The molecule has 1 aromatic carbocycles. The molecule has 0 aliphatic carbocycles. The molecule has 1 heterocycles. The predicted octanol–water partition coefficient (Wildman–Crippen LogP) is 2.95. The number of likely N-dealkylation sites (N-methyl/N-ethyl adjacent to an activating group) is 1. The van der Waals surface area contributed by atoms with E-state index in [0.29, 0.717) is 16.8 Å². The number of rotatable bonds is 3. The maximum atomic E-state index is 12.1. The van der Waals surface area contributed by atoms with E-state index in [1.807, 2.05) is 19.2 Å².